The molecule has 24 heavy (non-hydrogen) atoms. The molecule has 0 amide bonds. The van der Waals surface area contributed by atoms with E-state index in [4.69, 9.17) is 0 Å². The Hall–Kier alpha value is -1.49. The Bertz CT molecular complexity index is 697. The second-order valence-corrected chi connectivity index (χ2v) is 7.06. The van der Waals surface area contributed by atoms with Gasteiger partial charge in [-0.1, -0.05) is 46.3 Å². The van der Waals surface area contributed by atoms with Gasteiger partial charge in [-0.15, -0.1) is 0 Å². The highest BCUT2D eigenvalue weighted by atomic mass is 79.9. The fourth-order valence-electron chi connectivity index (χ4n) is 3.00. The molecule has 0 bridgehead atoms. The predicted octanol–water partition coefficient (Wildman–Crippen LogP) is 4.80. The summed E-state index contributed by atoms with van der Waals surface area (Å²) in [5, 5.41) is 10.3. The van der Waals surface area contributed by atoms with Crippen molar-refractivity contribution in [2.75, 3.05) is 19.6 Å². The number of rotatable bonds is 5. The average molecular weight is 390 g/mol. The second kappa shape index (κ2) is 8.06. The molecule has 2 aromatic carbocycles. The molecular weight excluding hydrogens is 369 g/mol. The highest BCUT2D eigenvalue weighted by Gasteiger charge is 2.15. The molecule has 0 aliphatic carbocycles. The maximum absolute atomic E-state index is 13.0. The molecular formula is C20H21BrFNO. The van der Waals surface area contributed by atoms with Crippen LogP contribution < -0.4 is 0 Å². The molecule has 3 rings (SSSR count). The molecule has 0 fully saturated rings. The molecule has 2 aromatic rings. The molecule has 1 heterocycles. The van der Waals surface area contributed by atoms with Crippen molar-refractivity contribution in [1.82, 2.24) is 4.90 Å². The van der Waals surface area contributed by atoms with Crippen LogP contribution in [0.25, 0.3) is 5.57 Å². The molecule has 4 heteroatoms. The third-order valence-corrected chi connectivity index (χ3v) is 5.01. The van der Waals surface area contributed by atoms with Crippen LogP contribution in [-0.2, 0) is 0 Å². The standard InChI is InChI=1S/C20H21BrFNO/c21-18-5-1-17(2-6-18)20(24)11-14-23-12-9-16(10-13-23)15-3-7-19(22)8-4-15/h1-9,20,24H,10-14H2. The summed E-state index contributed by atoms with van der Waals surface area (Å²) in [5.41, 5.74) is 3.34. The first-order valence-electron chi connectivity index (χ1n) is 8.22. The summed E-state index contributed by atoms with van der Waals surface area (Å²) in [6, 6.07) is 14.5. The van der Waals surface area contributed by atoms with Gasteiger partial charge in [-0.25, -0.2) is 4.39 Å². The van der Waals surface area contributed by atoms with Crippen molar-refractivity contribution in [2.24, 2.45) is 0 Å². The fourth-order valence-corrected chi connectivity index (χ4v) is 3.26. The van der Waals surface area contributed by atoms with Gasteiger partial charge < -0.3 is 5.11 Å². The number of hydrogen-bond donors (Lipinski definition) is 1. The largest absolute Gasteiger partial charge is 0.388 e. The minimum absolute atomic E-state index is 0.196. The number of halogens is 2. The Morgan fingerprint density at radius 2 is 1.79 bits per heavy atom. The molecule has 0 radical (unpaired) electrons. The third-order valence-electron chi connectivity index (χ3n) is 4.48. The summed E-state index contributed by atoms with van der Waals surface area (Å²) in [5.74, 6) is -0.196. The van der Waals surface area contributed by atoms with Gasteiger partial charge in [0.05, 0.1) is 6.10 Å². The maximum Gasteiger partial charge on any atom is 0.123 e. The molecule has 1 aliphatic rings. The summed E-state index contributed by atoms with van der Waals surface area (Å²) in [6.07, 6.45) is 3.46. The van der Waals surface area contributed by atoms with E-state index in [2.05, 4.69) is 26.9 Å². The normalized spacial score (nSPS) is 16.7. The zero-order valence-corrected chi connectivity index (χ0v) is 15.0. The molecule has 2 nitrogen and oxygen atoms in total. The van der Waals surface area contributed by atoms with Crippen molar-refractivity contribution in [3.8, 4) is 0 Å². The van der Waals surface area contributed by atoms with E-state index in [1.807, 2.05) is 36.4 Å². The lowest BCUT2D eigenvalue weighted by Gasteiger charge is -2.27. The highest BCUT2D eigenvalue weighted by molar-refractivity contribution is 9.10. The van der Waals surface area contributed by atoms with Gasteiger partial charge in [-0.05, 0) is 53.8 Å². The van der Waals surface area contributed by atoms with E-state index in [0.717, 1.165) is 48.1 Å². The number of aliphatic hydroxyl groups is 1. The lowest BCUT2D eigenvalue weighted by atomic mass is 9.99. The van der Waals surface area contributed by atoms with E-state index in [9.17, 15) is 9.50 Å². The van der Waals surface area contributed by atoms with E-state index < -0.39 is 6.10 Å². The summed E-state index contributed by atoms with van der Waals surface area (Å²) in [6.45, 7) is 2.71. The Morgan fingerprint density at radius 3 is 2.42 bits per heavy atom. The van der Waals surface area contributed by atoms with E-state index in [-0.39, 0.29) is 5.82 Å². The van der Waals surface area contributed by atoms with Crippen molar-refractivity contribution in [1.29, 1.82) is 0 Å². The zero-order valence-electron chi connectivity index (χ0n) is 13.5. The van der Waals surface area contributed by atoms with Gasteiger partial charge in [0.1, 0.15) is 5.82 Å². The summed E-state index contributed by atoms with van der Waals surface area (Å²) in [4.78, 5) is 2.34. The first-order chi connectivity index (χ1) is 11.6. The molecule has 1 aliphatic heterocycles. The zero-order chi connectivity index (χ0) is 16.9. The first-order valence-corrected chi connectivity index (χ1v) is 9.02. The molecule has 126 valence electrons. The van der Waals surface area contributed by atoms with Crippen LogP contribution in [0.15, 0.2) is 59.1 Å². The minimum Gasteiger partial charge on any atom is -0.388 e. The molecule has 1 N–H and O–H groups in total. The fraction of sp³-hybridized carbons (Fsp3) is 0.300. The SMILES string of the molecule is OC(CCN1CC=C(c2ccc(F)cc2)CC1)c1ccc(Br)cc1. The number of aliphatic hydroxyl groups excluding tert-OH is 1. The summed E-state index contributed by atoms with van der Waals surface area (Å²) >= 11 is 3.41. The Balaban J connectivity index is 1.51. The summed E-state index contributed by atoms with van der Waals surface area (Å²) in [7, 11) is 0. The topological polar surface area (TPSA) is 23.5 Å². The molecule has 1 unspecified atom stereocenters. The minimum atomic E-state index is -0.430. The van der Waals surface area contributed by atoms with Crippen molar-refractivity contribution >= 4 is 21.5 Å². The monoisotopic (exact) mass is 389 g/mol. The Morgan fingerprint density at radius 1 is 1.08 bits per heavy atom. The van der Waals surface area contributed by atoms with E-state index in [0.29, 0.717) is 0 Å². The van der Waals surface area contributed by atoms with E-state index in [1.54, 1.807) is 0 Å². The molecule has 0 spiro atoms. The van der Waals surface area contributed by atoms with Crippen molar-refractivity contribution < 1.29 is 9.50 Å². The second-order valence-electron chi connectivity index (χ2n) is 6.14. The van der Waals surface area contributed by atoms with Crippen molar-refractivity contribution in [3.05, 3.63) is 76.0 Å². The van der Waals surface area contributed by atoms with Crippen LogP contribution in [0.3, 0.4) is 0 Å². The Kier molecular flexibility index (Phi) is 5.82. The lowest BCUT2D eigenvalue weighted by molar-refractivity contribution is 0.145. The van der Waals surface area contributed by atoms with Crippen LogP contribution in [0.1, 0.15) is 30.1 Å². The average Bonchev–Trinajstić information content (AvgIpc) is 2.61. The van der Waals surface area contributed by atoms with Crippen LogP contribution in [0, 0.1) is 5.82 Å². The quantitative estimate of drug-likeness (QED) is 0.793. The number of hydrogen-bond acceptors (Lipinski definition) is 2. The van der Waals surface area contributed by atoms with E-state index >= 15 is 0 Å². The van der Waals surface area contributed by atoms with Gasteiger partial charge >= 0.3 is 0 Å². The van der Waals surface area contributed by atoms with Gasteiger partial charge in [0, 0.05) is 24.1 Å². The molecule has 0 aromatic heterocycles. The van der Waals surface area contributed by atoms with Gasteiger partial charge in [0.15, 0.2) is 0 Å². The van der Waals surface area contributed by atoms with Crippen molar-refractivity contribution in [2.45, 2.75) is 18.9 Å². The van der Waals surface area contributed by atoms with Crippen molar-refractivity contribution in [3.63, 3.8) is 0 Å². The van der Waals surface area contributed by atoms with Gasteiger partial charge in [0.2, 0.25) is 0 Å². The molecule has 1 atom stereocenters. The van der Waals surface area contributed by atoms with Gasteiger partial charge in [-0.3, -0.25) is 4.90 Å². The lowest BCUT2D eigenvalue weighted by Crippen LogP contribution is -2.30. The molecule has 0 saturated heterocycles. The van der Waals surface area contributed by atoms with Crippen LogP contribution >= 0.6 is 15.9 Å². The van der Waals surface area contributed by atoms with Crippen LogP contribution in [0.5, 0.6) is 0 Å². The third kappa shape index (κ3) is 4.53. The van der Waals surface area contributed by atoms with Gasteiger partial charge in [-0.2, -0.15) is 0 Å². The first kappa shape index (κ1) is 17.3. The van der Waals surface area contributed by atoms with Crippen LogP contribution in [0.4, 0.5) is 4.39 Å². The summed E-state index contributed by atoms with van der Waals surface area (Å²) < 4.78 is 14.0. The number of benzene rings is 2. The number of nitrogens with zero attached hydrogens (tertiary/aromatic N) is 1. The van der Waals surface area contributed by atoms with Crippen LogP contribution in [0.2, 0.25) is 0 Å². The van der Waals surface area contributed by atoms with Crippen LogP contribution in [-0.4, -0.2) is 29.6 Å². The molecule has 0 saturated carbocycles. The van der Waals surface area contributed by atoms with Gasteiger partial charge in [0.25, 0.3) is 0 Å². The highest BCUT2D eigenvalue weighted by Crippen LogP contribution is 2.24. The predicted molar refractivity (Wildman–Crippen MR) is 99.2 cm³/mol. The Labute approximate surface area is 150 Å². The van der Waals surface area contributed by atoms with E-state index in [1.165, 1.54) is 17.7 Å². The smallest absolute Gasteiger partial charge is 0.123 e. The maximum atomic E-state index is 13.0.